The Kier molecular flexibility index (Phi) is 6.54. The molecule has 8 heteroatoms. The molecule has 0 unspecified atom stereocenters. The van der Waals surface area contributed by atoms with Gasteiger partial charge in [-0.2, -0.15) is 0 Å². The lowest BCUT2D eigenvalue weighted by molar-refractivity contribution is -0.115. The molecule has 180 valence electrons. The Labute approximate surface area is 215 Å². The van der Waals surface area contributed by atoms with E-state index >= 15 is 0 Å². The van der Waals surface area contributed by atoms with Crippen LogP contribution in [0.15, 0.2) is 102 Å². The van der Waals surface area contributed by atoms with Crippen molar-refractivity contribution in [2.45, 2.75) is 11.3 Å². The van der Waals surface area contributed by atoms with E-state index in [4.69, 9.17) is 12.2 Å². The minimum atomic E-state index is -3.67. The summed E-state index contributed by atoms with van der Waals surface area (Å²) in [6.07, 6.45) is 3.87. The van der Waals surface area contributed by atoms with Gasteiger partial charge in [0, 0.05) is 18.3 Å². The standard InChI is InChI=1S/C28H23N3O3S2/c32-27(17-12-21-9-5-8-20-6-1-3-10-25(20)21)30-28(35)29-23-13-15-24(16-14-23)36(33,34)31-19-18-22-7-2-4-11-26(22)31/h1-17H,18-19H2,(H2,29,30,32,35). The molecule has 1 aliphatic rings. The van der Waals surface area contributed by atoms with E-state index in [9.17, 15) is 13.2 Å². The topological polar surface area (TPSA) is 78.5 Å². The van der Waals surface area contributed by atoms with Crippen LogP contribution in [0.5, 0.6) is 0 Å². The highest BCUT2D eigenvalue weighted by atomic mass is 32.2. The van der Waals surface area contributed by atoms with E-state index in [0.29, 0.717) is 18.7 Å². The smallest absolute Gasteiger partial charge is 0.264 e. The summed E-state index contributed by atoms with van der Waals surface area (Å²) in [4.78, 5) is 12.6. The van der Waals surface area contributed by atoms with E-state index in [1.165, 1.54) is 22.5 Å². The van der Waals surface area contributed by atoms with Crippen molar-refractivity contribution in [1.82, 2.24) is 5.32 Å². The number of nitrogens with zero attached hydrogens (tertiary/aromatic N) is 1. The Morgan fingerprint density at radius 2 is 1.61 bits per heavy atom. The summed E-state index contributed by atoms with van der Waals surface area (Å²) >= 11 is 5.25. The average Bonchev–Trinajstić information content (AvgIpc) is 3.33. The molecule has 0 radical (unpaired) electrons. The van der Waals surface area contributed by atoms with Gasteiger partial charge in [0.1, 0.15) is 0 Å². The monoisotopic (exact) mass is 513 g/mol. The predicted octanol–water partition coefficient (Wildman–Crippen LogP) is 5.12. The van der Waals surface area contributed by atoms with Crippen LogP contribution in [0.1, 0.15) is 11.1 Å². The zero-order chi connectivity index (χ0) is 25.1. The van der Waals surface area contributed by atoms with Crippen molar-refractivity contribution in [1.29, 1.82) is 0 Å². The zero-order valence-electron chi connectivity index (χ0n) is 19.2. The van der Waals surface area contributed by atoms with Crippen LogP contribution < -0.4 is 14.9 Å². The SMILES string of the molecule is O=C(C=Cc1cccc2ccccc12)NC(=S)Nc1ccc(S(=O)(=O)N2CCc3ccccc32)cc1. The van der Waals surface area contributed by atoms with Crippen LogP contribution in [0.2, 0.25) is 0 Å². The summed E-state index contributed by atoms with van der Waals surface area (Å²) in [5.41, 5.74) is 3.24. The summed E-state index contributed by atoms with van der Waals surface area (Å²) in [6, 6.07) is 27.7. The van der Waals surface area contributed by atoms with Crippen LogP contribution in [0.25, 0.3) is 16.8 Å². The number of carbonyl (C=O) groups is 1. The zero-order valence-corrected chi connectivity index (χ0v) is 20.9. The van der Waals surface area contributed by atoms with Crippen LogP contribution in [0, 0.1) is 0 Å². The number of hydrogen-bond donors (Lipinski definition) is 2. The summed E-state index contributed by atoms with van der Waals surface area (Å²) in [6.45, 7) is 0.421. The van der Waals surface area contributed by atoms with Gasteiger partial charge >= 0.3 is 0 Å². The second kappa shape index (κ2) is 9.93. The van der Waals surface area contributed by atoms with Gasteiger partial charge < -0.3 is 5.32 Å². The normalized spacial score (nSPS) is 13.1. The van der Waals surface area contributed by atoms with Crippen LogP contribution in [-0.2, 0) is 21.2 Å². The third kappa shape index (κ3) is 4.86. The highest BCUT2D eigenvalue weighted by molar-refractivity contribution is 7.92. The molecular formula is C28H23N3O3S2. The lowest BCUT2D eigenvalue weighted by Gasteiger charge is -2.19. The Balaban J connectivity index is 1.22. The Morgan fingerprint density at radius 3 is 2.44 bits per heavy atom. The molecule has 5 rings (SSSR count). The van der Waals surface area contributed by atoms with Crippen LogP contribution in [-0.4, -0.2) is 26.0 Å². The summed E-state index contributed by atoms with van der Waals surface area (Å²) in [7, 11) is -3.67. The molecule has 6 nitrogen and oxygen atoms in total. The number of nitrogens with one attached hydrogen (secondary N) is 2. The number of amides is 1. The summed E-state index contributed by atoms with van der Waals surface area (Å²) in [5, 5.41) is 7.80. The quantitative estimate of drug-likeness (QED) is 0.286. The Bertz CT molecular complexity index is 1590. The maximum absolute atomic E-state index is 13.2. The van der Waals surface area contributed by atoms with E-state index in [0.717, 1.165) is 27.6 Å². The van der Waals surface area contributed by atoms with Gasteiger partial charge in [0.15, 0.2) is 5.11 Å². The van der Waals surface area contributed by atoms with Crippen molar-refractivity contribution in [3.63, 3.8) is 0 Å². The molecule has 0 atom stereocenters. The van der Waals surface area contributed by atoms with Crippen molar-refractivity contribution in [3.05, 3.63) is 108 Å². The third-order valence-electron chi connectivity index (χ3n) is 6.02. The van der Waals surface area contributed by atoms with E-state index in [1.54, 1.807) is 18.2 Å². The molecule has 1 amide bonds. The van der Waals surface area contributed by atoms with Crippen LogP contribution in [0.4, 0.5) is 11.4 Å². The summed E-state index contributed by atoms with van der Waals surface area (Å²) < 4.78 is 27.8. The van der Waals surface area contributed by atoms with Crippen LogP contribution >= 0.6 is 12.2 Å². The van der Waals surface area contributed by atoms with E-state index in [1.807, 2.05) is 66.7 Å². The Morgan fingerprint density at radius 1 is 0.889 bits per heavy atom. The van der Waals surface area contributed by atoms with Crippen molar-refractivity contribution in [3.8, 4) is 0 Å². The third-order valence-corrected chi connectivity index (χ3v) is 8.05. The molecule has 0 aliphatic carbocycles. The fraction of sp³-hybridized carbons (Fsp3) is 0.0714. The number of para-hydroxylation sites is 1. The second-order valence-electron chi connectivity index (χ2n) is 8.33. The van der Waals surface area contributed by atoms with E-state index in [-0.39, 0.29) is 15.9 Å². The minimum Gasteiger partial charge on any atom is -0.332 e. The second-order valence-corrected chi connectivity index (χ2v) is 10.6. The number of hydrogen-bond acceptors (Lipinski definition) is 4. The fourth-order valence-corrected chi connectivity index (χ4v) is 5.99. The molecular weight excluding hydrogens is 490 g/mol. The average molecular weight is 514 g/mol. The lowest BCUT2D eigenvalue weighted by Crippen LogP contribution is -2.32. The lowest BCUT2D eigenvalue weighted by atomic mass is 10.0. The first kappa shape index (κ1) is 23.7. The molecule has 1 heterocycles. The van der Waals surface area contributed by atoms with Crippen molar-refractivity contribution >= 4 is 61.5 Å². The molecule has 36 heavy (non-hydrogen) atoms. The molecule has 4 aromatic rings. The first-order valence-electron chi connectivity index (χ1n) is 11.4. The van der Waals surface area contributed by atoms with E-state index in [2.05, 4.69) is 10.6 Å². The van der Waals surface area contributed by atoms with Crippen LogP contribution in [0.3, 0.4) is 0 Å². The molecule has 0 saturated heterocycles. The number of carbonyl (C=O) groups excluding carboxylic acids is 1. The highest BCUT2D eigenvalue weighted by Crippen LogP contribution is 2.32. The molecule has 1 aliphatic heterocycles. The number of sulfonamides is 1. The van der Waals surface area contributed by atoms with Crippen molar-refractivity contribution < 1.29 is 13.2 Å². The predicted molar refractivity (Wildman–Crippen MR) is 148 cm³/mol. The first-order valence-corrected chi connectivity index (χ1v) is 13.3. The van der Waals surface area contributed by atoms with Gasteiger partial charge in [-0.15, -0.1) is 0 Å². The van der Waals surface area contributed by atoms with E-state index < -0.39 is 10.0 Å². The van der Waals surface area contributed by atoms with Gasteiger partial charge in [-0.1, -0.05) is 60.7 Å². The maximum atomic E-state index is 13.2. The molecule has 0 spiro atoms. The number of rotatable bonds is 5. The van der Waals surface area contributed by atoms with Gasteiger partial charge in [-0.25, -0.2) is 8.42 Å². The number of fused-ring (bicyclic) bond motifs is 2. The number of benzene rings is 4. The maximum Gasteiger partial charge on any atom is 0.264 e. The molecule has 0 aromatic heterocycles. The summed E-state index contributed by atoms with van der Waals surface area (Å²) in [5.74, 6) is -0.368. The minimum absolute atomic E-state index is 0.117. The molecule has 2 N–H and O–H groups in total. The van der Waals surface area contributed by atoms with Crippen molar-refractivity contribution in [2.24, 2.45) is 0 Å². The molecule has 4 aromatic carbocycles. The largest absolute Gasteiger partial charge is 0.332 e. The molecule has 0 saturated carbocycles. The first-order chi connectivity index (χ1) is 17.4. The van der Waals surface area contributed by atoms with Gasteiger partial charge in [0.05, 0.1) is 10.6 Å². The highest BCUT2D eigenvalue weighted by Gasteiger charge is 2.30. The van der Waals surface area contributed by atoms with Crippen molar-refractivity contribution in [2.75, 3.05) is 16.2 Å². The van der Waals surface area contributed by atoms with Gasteiger partial charge in [-0.05, 0) is 76.9 Å². The van der Waals surface area contributed by atoms with Gasteiger partial charge in [0.2, 0.25) is 5.91 Å². The van der Waals surface area contributed by atoms with Gasteiger partial charge in [0.25, 0.3) is 10.0 Å². The number of thiocarbonyl (C=S) groups is 1. The molecule has 0 bridgehead atoms. The fourth-order valence-electron chi connectivity index (χ4n) is 4.27. The molecule has 0 fully saturated rings. The number of anilines is 2. The van der Waals surface area contributed by atoms with Gasteiger partial charge in [-0.3, -0.25) is 14.4 Å². The Hall–Kier alpha value is -4.01.